The van der Waals surface area contributed by atoms with Crippen LogP contribution in [0.1, 0.15) is 12.8 Å². The van der Waals surface area contributed by atoms with Crippen molar-refractivity contribution in [2.24, 2.45) is 0 Å². The van der Waals surface area contributed by atoms with Crippen molar-refractivity contribution >= 4 is 15.9 Å². The topological polar surface area (TPSA) is 68.2 Å². The van der Waals surface area contributed by atoms with Crippen LogP contribution in [0, 0.1) is 0 Å². The van der Waals surface area contributed by atoms with E-state index in [2.05, 4.69) is 15.9 Å². The molecule has 2 rings (SSSR count). The van der Waals surface area contributed by atoms with Gasteiger partial charge in [0.05, 0.1) is 24.8 Å². The van der Waals surface area contributed by atoms with Crippen LogP contribution in [-0.4, -0.2) is 36.3 Å². The van der Waals surface area contributed by atoms with Gasteiger partial charge < -0.3 is 24.4 Å². The highest BCUT2D eigenvalue weighted by Crippen LogP contribution is 2.51. The molecule has 0 bridgehead atoms. The van der Waals surface area contributed by atoms with Gasteiger partial charge in [0.15, 0.2) is 11.5 Å². The molecule has 0 unspecified atom stereocenters. The minimum atomic E-state index is -1.02. The molecule has 0 atom stereocenters. The highest BCUT2D eigenvalue weighted by molar-refractivity contribution is 9.10. The Kier molecular flexibility index (Phi) is 3.99. The zero-order chi connectivity index (χ0) is 13.2. The van der Waals surface area contributed by atoms with Crippen molar-refractivity contribution in [2.45, 2.75) is 18.6 Å². The second-order valence-electron chi connectivity index (χ2n) is 3.97. The molecule has 1 heterocycles. The largest absolute Gasteiger partial charge is 0.493 e. The third kappa shape index (κ3) is 2.28. The van der Waals surface area contributed by atoms with E-state index in [9.17, 15) is 0 Å². The van der Waals surface area contributed by atoms with E-state index < -0.39 is 5.79 Å². The molecule has 1 aliphatic rings. The zero-order valence-electron chi connectivity index (χ0n) is 9.98. The number of hydrogen-bond donors (Lipinski definition) is 2. The lowest BCUT2D eigenvalue weighted by atomic mass is 10.1. The molecule has 100 valence electrons. The molecule has 0 aromatic heterocycles. The molecule has 18 heavy (non-hydrogen) atoms. The first-order chi connectivity index (χ1) is 8.65. The van der Waals surface area contributed by atoms with Crippen LogP contribution >= 0.6 is 15.9 Å². The number of fused-ring (bicyclic) bond motifs is 1. The molecule has 0 amide bonds. The lowest BCUT2D eigenvalue weighted by molar-refractivity contribution is -0.108. The standard InChI is InChI=1S/C12H15BrO5/c1-16-9-3-2-8(13)10-11(9)18-12(17-10,4-6-14)5-7-15/h2-3,14-15H,4-7H2,1H3. The monoisotopic (exact) mass is 318 g/mol. The normalized spacial score (nSPS) is 15.8. The predicted octanol–water partition coefficient (Wildman–Crippen LogP) is 1.69. The summed E-state index contributed by atoms with van der Waals surface area (Å²) >= 11 is 3.38. The van der Waals surface area contributed by atoms with Crippen molar-refractivity contribution in [1.82, 2.24) is 0 Å². The van der Waals surface area contributed by atoms with Gasteiger partial charge in [0.2, 0.25) is 5.75 Å². The first kappa shape index (κ1) is 13.5. The number of rotatable bonds is 5. The molecule has 0 radical (unpaired) electrons. The maximum atomic E-state index is 9.11. The Hall–Kier alpha value is -0.980. The van der Waals surface area contributed by atoms with Crippen LogP contribution in [0.4, 0.5) is 0 Å². The minimum absolute atomic E-state index is 0.0894. The summed E-state index contributed by atoms with van der Waals surface area (Å²) in [7, 11) is 1.55. The van der Waals surface area contributed by atoms with Gasteiger partial charge in [0.25, 0.3) is 5.79 Å². The van der Waals surface area contributed by atoms with Gasteiger partial charge >= 0.3 is 0 Å². The number of hydrogen-bond acceptors (Lipinski definition) is 5. The molecule has 6 heteroatoms. The van der Waals surface area contributed by atoms with Gasteiger partial charge in [-0.25, -0.2) is 0 Å². The minimum Gasteiger partial charge on any atom is -0.493 e. The average molecular weight is 319 g/mol. The molecule has 0 saturated heterocycles. The lowest BCUT2D eigenvalue weighted by Crippen LogP contribution is -2.40. The van der Waals surface area contributed by atoms with Gasteiger partial charge in [-0.1, -0.05) is 0 Å². The van der Waals surface area contributed by atoms with E-state index in [-0.39, 0.29) is 26.1 Å². The van der Waals surface area contributed by atoms with Crippen LogP contribution in [0.25, 0.3) is 0 Å². The number of benzene rings is 1. The molecular weight excluding hydrogens is 304 g/mol. The van der Waals surface area contributed by atoms with E-state index in [4.69, 9.17) is 24.4 Å². The van der Waals surface area contributed by atoms with E-state index in [1.807, 2.05) is 0 Å². The number of halogens is 1. The summed E-state index contributed by atoms with van der Waals surface area (Å²) in [5.74, 6) is 0.569. The first-order valence-corrected chi connectivity index (χ1v) is 6.41. The van der Waals surface area contributed by atoms with Gasteiger partial charge in [-0.15, -0.1) is 0 Å². The Morgan fingerprint density at radius 1 is 1.17 bits per heavy atom. The fourth-order valence-corrected chi connectivity index (χ4v) is 2.33. The maximum absolute atomic E-state index is 9.11. The maximum Gasteiger partial charge on any atom is 0.256 e. The Morgan fingerprint density at radius 2 is 1.78 bits per heavy atom. The lowest BCUT2D eigenvalue weighted by Gasteiger charge is -2.26. The number of aliphatic hydroxyl groups is 2. The molecular formula is C12H15BrO5. The molecule has 2 N–H and O–H groups in total. The van der Waals surface area contributed by atoms with E-state index in [0.717, 1.165) is 4.47 Å². The van der Waals surface area contributed by atoms with Gasteiger partial charge in [-0.3, -0.25) is 0 Å². The number of aliphatic hydroxyl groups excluding tert-OH is 2. The third-order valence-corrected chi connectivity index (χ3v) is 3.43. The number of methoxy groups -OCH3 is 1. The summed E-state index contributed by atoms with van der Waals surface area (Å²) in [4.78, 5) is 0. The highest BCUT2D eigenvalue weighted by atomic mass is 79.9. The Balaban J connectivity index is 2.37. The van der Waals surface area contributed by atoms with Crippen molar-refractivity contribution < 1.29 is 24.4 Å². The summed E-state index contributed by atoms with van der Waals surface area (Å²) in [5, 5.41) is 18.2. The van der Waals surface area contributed by atoms with E-state index in [1.54, 1.807) is 19.2 Å². The van der Waals surface area contributed by atoms with Gasteiger partial charge in [-0.2, -0.15) is 0 Å². The van der Waals surface area contributed by atoms with Crippen molar-refractivity contribution in [3.05, 3.63) is 16.6 Å². The fourth-order valence-electron chi connectivity index (χ4n) is 1.94. The smallest absolute Gasteiger partial charge is 0.256 e. The SMILES string of the molecule is COc1ccc(Br)c2c1OC(CCO)(CCO)O2. The molecule has 1 aromatic rings. The molecule has 1 aliphatic heterocycles. The van der Waals surface area contributed by atoms with E-state index >= 15 is 0 Å². The van der Waals surface area contributed by atoms with E-state index in [0.29, 0.717) is 17.2 Å². The van der Waals surface area contributed by atoms with Crippen LogP contribution in [0.15, 0.2) is 16.6 Å². The molecule has 5 nitrogen and oxygen atoms in total. The first-order valence-electron chi connectivity index (χ1n) is 5.62. The summed E-state index contributed by atoms with van der Waals surface area (Å²) in [5.41, 5.74) is 0. The summed E-state index contributed by atoms with van der Waals surface area (Å²) in [6, 6.07) is 3.56. The second-order valence-corrected chi connectivity index (χ2v) is 4.82. The summed E-state index contributed by atoms with van der Waals surface area (Å²) < 4.78 is 17.5. The molecule has 0 saturated carbocycles. The van der Waals surface area contributed by atoms with Crippen LogP contribution in [0.5, 0.6) is 17.2 Å². The van der Waals surface area contributed by atoms with Crippen molar-refractivity contribution in [3.63, 3.8) is 0 Å². The summed E-state index contributed by atoms with van der Waals surface area (Å²) in [6.07, 6.45) is 0.551. The van der Waals surface area contributed by atoms with E-state index in [1.165, 1.54) is 0 Å². The molecule has 1 aromatic carbocycles. The second kappa shape index (κ2) is 5.34. The predicted molar refractivity (Wildman–Crippen MR) is 68.1 cm³/mol. The van der Waals surface area contributed by atoms with Crippen molar-refractivity contribution in [1.29, 1.82) is 0 Å². The molecule has 0 aliphatic carbocycles. The Labute approximate surface area is 113 Å². The Bertz CT molecular complexity index is 429. The van der Waals surface area contributed by atoms with Gasteiger partial charge in [0, 0.05) is 12.8 Å². The third-order valence-electron chi connectivity index (χ3n) is 2.81. The number of ether oxygens (including phenoxy) is 3. The summed E-state index contributed by atoms with van der Waals surface area (Å²) in [6.45, 7) is -0.179. The molecule has 0 fully saturated rings. The fraction of sp³-hybridized carbons (Fsp3) is 0.500. The molecule has 0 spiro atoms. The van der Waals surface area contributed by atoms with Crippen LogP contribution in [0.3, 0.4) is 0 Å². The van der Waals surface area contributed by atoms with Gasteiger partial charge in [0.1, 0.15) is 0 Å². The van der Waals surface area contributed by atoms with Crippen LogP contribution in [-0.2, 0) is 0 Å². The van der Waals surface area contributed by atoms with Crippen LogP contribution < -0.4 is 14.2 Å². The van der Waals surface area contributed by atoms with Crippen LogP contribution in [0.2, 0.25) is 0 Å². The van der Waals surface area contributed by atoms with Crippen molar-refractivity contribution in [2.75, 3.05) is 20.3 Å². The van der Waals surface area contributed by atoms with Crippen molar-refractivity contribution in [3.8, 4) is 17.2 Å². The Morgan fingerprint density at radius 3 is 2.33 bits per heavy atom. The highest BCUT2D eigenvalue weighted by Gasteiger charge is 2.43. The quantitative estimate of drug-likeness (QED) is 0.864. The van der Waals surface area contributed by atoms with Gasteiger partial charge in [-0.05, 0) is 28.1 Å². The average Bonchev–Trinajstić information content (AvgIpc) is 2.71. The zero-order valence-corrected chi connectivity index (χ0v) is 11.6.